The molecule has 2 aliphatic rings. The van der Waals surface area contributed by atoms with Gasteiger partial charge in [-0.3, -0.25) is 4.79 Å². The third-order valence-corrected chi connectivity index (χ3v) is 4.11. The smallest absolute Gasteiger partial charge is 0.226 e. The molecule has 0 spiro atoms. The maximum Gasteiger partial charge on any atom is 0.226 e. The summed E-state index contributed by atoms with van der Waals surface area (Å²) in [6.07, 6.45) is 3.34. The van der Waals surface area contributed by atoms with Gasteiger partial charge in [-0.2, -0.15) is 0 Å². The molecule has 1 saturated carbocycles. The van der Waals surface area contributed by atoms with E-state index in [1.54, 1.807) is 0 Å². The summed E-state index contributed by atoms with van der Waals surface area (Å²) in [7, 11) is 0. The third kappa shape index (κ3) is 2.69. The van der Waals surface area contributed by atoms with Crippen molar-refractivity contribution in [2.24, 2.45) is 11.3 Å². The lowest BCUT2D eigenvalue weighted by molar-refractivity contribution is -0.133. The van der Waals surface area contributed by atoms with Crippen LogP contribution in [0.25, 0.3) is 0 Å². The molecule has 1 amide bonds. The Morgan fingerprint density at radius 3 is 2.81 bits per heavy atom. The SMILES string of the molecule is CCC1(C)CC1C(=O)N1CCCNCC1.Cl. The molecule has 2 atom stereocenters. The van der Waals surface area contributed by atoms with E-state index in [9.17, 15) is 4.79 Å². The van der Waals surface area contributed by atoms with Gasteiger partial charge in [-0.15, -0.1) is 12.4 Å². The summed E-state index contributed by atoms with van der Waals surface area (Å²) in [5.41, 5.74) is 0.316. The average molecular weight is 247 g/mol. The highest BCUT2D eigenvalue weighted by Gasteiger charge is 2.53. The van der Waals surface area contributed by atoms with E-state index in [1.807, 2.05) is 0 Å². The Morgan fingerprint density at radius 2 is 2.19 bits per heavy atom. The molecular weight excluding hydrogens is 224 g/mol. The fraction of sp³-hybridized carbons (Fsp3) is 0.917. The van der Waals surface area contributed by atoms with E-state index < -0.39 is 0 Å². The van der Waals surface area contributed by atoms with Crippen LogP contribution in [0.3, 0.4) is 0 Å². The van der Waals surface area contributed by atoms with Crippen LogP contribution in [-0.4, -0.2) is 37.0 Å². The van der Waals surface area contributed by atoms with Gasteiger partial charge < -0.3 is 10.2 Å². The minimum absolute atomic E-state index is 0. The van der Waals surface area contributed by atoms with Crippen molar-refractivity contribution in [2.75, 3.05) is 26.2 Å². The van der Waals surface area contributed by atoms with Crippen molar-refractivity contribution in [1.29, 1.82) is 0 Å². The lowest BCUT2D eigenvalue weighted by Crippen LogP contribution is -2.36. The molecule has 2 fully saturated rings. The number of amides is 1. The molecule has 0 bridgehead atoms. The van der Waals surface area contributed by atoms with Gasteiger partial charge in [-0.05, 0) is 31.2 Å². The number of nitrogens with zero attached hydrogens (tertiary/aromatic N) is 1. The third-order valence-electron chi connectivity index (χ3n) is 4.11. The number of carbonyl (C=O) groups excluding carboxylic acids is 1. The highest BCUT2D eigenvalue weighted by Crippen LogP contribution is 2.55. The molecule has 2 rings (SSSR count). The Morgan fingerprint density at radius 1 is 1.44 bits per heavy atom. The van der Waals surface area contributed by atoms with Gasteiger partial charge in [0.15, 0.2) is 0 Å². The molecule has 0 aromatic carbocycles. The van der Waals surface area contributed by atoms with E-state index in [2.05, 4.69) is 24.1 Å². The van der Waals surface area contributed by atoms with Crippen LogP contribution in [0.15, 0.2) is 0 Å². The molecule has 16 heavy (non-hydrogen) atoms. The summed E-state index contributed by atoms with van der Waals surface area (Å²) in [4.78, 5) is 14.2. The van der Waals surface area contributed by atoms with Gasteiger partial charge in [0.1, 0.15) is 0 Å². The second kappa shape index (κ2) is 5.37. The zero-order chi connectivity index (χ0) is 10.9. The minimum atomic E-state index is 0. The van der Waals surface area contributed by atoms with Crippen LogP contribution in [0.2, 0.25) is 0 Å². The Hall–Kier alpha value is -0.280. The molecule has 1 heterocycles. The van der Waals surface area contributed by atoms with Crippen LogP contribution in [0.4, 0.5) is 0 Å². The first-order valence-corrected chi connectivity index (χ1v) is 6.17. The van der Waals surface area contributed by atoms with Crippen LogP contribution in [0, 0.1) is 11.3 Å². The van der Waals surface area contributed by atoms with Crippen LogP contribution >= 0.6 is 12.4 Å². The Balaban J connectivity index is 0.00000128. The van der Waals surface area contributed by atoms with Gasteiger partial charge in [0.25, 0.3) is 0 Å². The maximum atomic E-state index is 12.2. The average Bonchev–Trinajstić information content (AvgIpc) is 2.97. The predicted octanol–water partition coefficient (Wildman–Crippen LogP) is 1.67. The first kappa shape index (κ1) is 13.8. The summed E-state index contributed by atoms with van der Waals surface area (Å²) in [5, 5.41) is 3.33. The van der Waals surface area contributed by atoms with E-state index in [0.717, 1.165) is 45.4 Å². The highest BCUT2D eigenvalue weighted by atomic mass is 35.5. The summed E-state index contributed by atoms with van der Waals surface area (Å²) in [6.45, 7) is 8.29. The van der Waals surface area contributed by atoms with Crippen LogP contribution in [0.1, 0.15) is 33.1 Å². The number of halogens is 1. The van der Waals surface area contributed by atoms with Gasteiger partial charge in [0.05, 0.1) is 0 Å². The molecule has 4 heteroatoms. The normalized spacial score (nSPS) is 33.9. The molecule has 94 valence electrons. The van der Waals surface area contributed by atoms with Crippen molar-refractivity contribution in [1.82, 2.24) is 10.2 Å². The van der Waals surface area contributed by atoms with Crippen molar-refractivity contribution in [3.63, 3.8) is 0 Å². The fourth-order valence-electron chi connectivity index (χ4n) is 2.47. The molecule has 1 aliphatic carbocycles. The van der Waals surface area contributed by atoms with Crippen LogP contribution in [-0.2, 0) is 4.79 Å². The van der Waals surface area contributed by atoms with Gasteiger partial charge >= 0.3 is 0 Å². The molecule has 0 radical (unpaired) electrons. The number of hydrogen-bond donors (Lipinski definition) is 1. The lowest BCUT2D eigenvalue weighted by atomic mass is 10.0. The minimum Gasteiger partial charge on any atom is -0.341 e. The summed E-state index contributed by atoms with van der Waals surface area (Å²) in [5.74, 6) is 0.726. The van der Waals surface area contributed by atoms with Gasteiger partial charge in [0, 0.05) is 25.6 Å². The lowest BCUT2D eigenvalue weighted by Gasteiger charge is -2.21. The van der Waals surface area contributed by atoms with Crippen LogP contribution < -0.4 is 5.32 Å². The summed E-state index contributed by atoms with van der Waals surface area (Å²) >= 11 is 0. The largest absolute Gasteiger partial charge is 0.341 e. The number of rotatable bonds is 2. The monoisotopic (exact) mass is 246 g/mol. The number of carbonyl (C=O) groups is 1. The standard InChI is InChI=1S/C12H22N2O.ClH/c1-3-12(2)9-10(12)11(15)14-7-4-5-13-6-8-14;/h10,13H,3-9H2,1-2H3;1H. The van der Waals surface area contributed by atoms with Gasteiger partial charge in [0.2, 0.25) is 5.91 Å². The van der Waals surface area contributed by atoms with Crippen molar-refractivity contribution in [3.8, 4) is 0 Å². The molecular formula is C12H23ClN2O. The molecule has 1 saturated heterocycles. The molecule has 0 aromatic heterocycles. The van der Waals surface area contributed by atoms with Gasteiger partial charge in [-0.1, -0.05) is 13.8 Å². The quantitative estimate of drug-likeness (QED) is 0.804. The zero-order valence-corrected chi connectivity index (χ0v) is 11.1. The van der Waals surface area contributed by atoms with Crippen molar-refractivity contribution in [3.05, 3.63) is 0 Å². The predicted molar refractivity (Wildman–Crippen MR) is 67.8 cm³/mol. The second-order valence-electron chi connectivity index (χ2n) is 5.19. The van der Waals surface area contributed by atoms with E-state index in [4.69, 9.17) is 0 Å². The number of hydrogen-bond acceptors (Lipinski definition) is 2. The van der Waals surface area contributed by atoms with Gasteiger partial charge in [-0.25, -0.2) is 0 Å². The van der Waals surface area contributed by atoms with Crippen LogP contribution in [0.5, 0.6) is 0 Å². The molecule has 0 aromatic rings. The molecule has 1 aliphatic heterocycles. The maximum absolute atomic E-state index is 12.2. The number of nitrogens with one attached hydrogen (secondary N) is 1. The first-order chi connectivity index (χ1) is 7.17. The fourth-order valence-corrected chi connectivity index (χ4v) is 2.47. The summed E-state index contributed by atoms with van der Waals surface area (Å²) < 4.78 is 0. The van der Waals surface area contributed by atoms with Crippen molar-refractivity contribution in [2.45, 2.75) is 33.1 Å². The zero-order valence-electron chi connectivity index (χ0n) is 10.3. The van der Waals surface area contributed by atoms with E-state index in [1.165, 1.54) is 0 Å². The summed E-state index contributed by atoms with van der Waals surface area (Å²) in [6, 6.07) is 0. The first-order valence-electron chi connectivity index (χ1n) is 6.17. The van der Waals surface area contributed by atoms with Crippen molar-refractivity contribution < 1.29 is 4.79 Å². The Bertz CT molecular complexity index is 251. The van der Waals surface area contributed by atoms with E-state index in [0.29, 0.717) is 17.2 Å². The van der Waals surface area contributed by atoms with E-state index >= 15 is 0 Å². The Kier molecular flexibility index (Phi) is 4.62. The molecule has 2 unspecified atom stereocenters. The molecule has 1 N–H and O–H groups in total. The second-order valence-corrected chi connectivity index (χ2v) is 5.19. The Labute approximate surface area is 104 Å². The molecule has 3 nitrogen and oxygen atoms in total. The van der Waals surface area contributed by atoms with E-state index in [-0.39, 0.29) is 12.4 Å². The topological polar surface area (TPSA) is 32.3 Å². The highest BCUT2D eigenvalue weighted by molar-refractivity contribution is 5.85. The van der Waals surface area contributed by atoms with Crippen molar-refractivity contribution >= 4 is 18.3 Å².